The van der Waals surface area contributed by atoms with Crippen LogP contribution in [0, 0.1) is 0 Å². The molecule has 9 heteroatoms. The van der Waals surface area contributed by atoms with Crippen molar-refractivity contribution in [2.75, 3.05) is 27.7 Å². The molecule has 1 fully saturated rings. The number of halogens is 1. The van der Waals surface area contributed by atoms with Crippen LogP contribution in [0.1, 0.15) is 23.2 Å². The van der Waals surface area contributed by atoms with E-state index in [1.165, 1.54) is 35.0 Å². The number of nitrogens with one attached hydrogen (secondary N) is 1. The average Bonchev–Trinajstić information content (AvgIpc) is 3.29. The van der Waals surface area contributed by atoms with Gasteiger partial charge in [-0.1, -0.05) is 11.6 Å². The summed E-state index contributed by atoms with van der Waals surface area (Å²) >= 11 is 5.99. The van der Waals surface area contributed by atoms with Gasteiger partial charge in [0.15, 0.2) is 0 Å². The molecule has 1 aromatic carbocycles. The maximum Gasteiger partial charge on any atom is 0.254 e. The lowest BCUT2D eigenvalue weighted by molar-refractivity contribution is -0.129. The number of carbonyl (C=O) groups excluding carboxylic acids is 2. The van der Waals surface area contributed by atoms with Gasteiger partial charge in [-0.25, -0.2) is 13.1 Å². The van der Waals surface area contributed by atoms with Crippen molar-refractivity contribution in [3.8, 4) is 0 Å². The number of rotatable bonds is 6. The fourth-order valence-electron chi connectivity index (χ4n) is 1.96. The van der Waals surface area contributed by atoms with Gasteiger partial charge in [-0.15, -0.1) is 0 Å². The molecule has 0 spiro atoms. The number of benzene rings is 1. The summed E-state index contributed by atoms with van der Waals surface area (Å²) < 4.78 is 27.2. The summed E-state index contributed by atoms with van der Waals surface area (Å²) in [5.41, 5.74) is 0.157. The molecule has 0 aliphatic heterocycles. The Balaban J connectivity index is 2.23. The molecule has 0 unspecified atom stereocenters. The minimum atomic E-state index is -3.77. The van der Waals surface area contributed by atoms with Crippen LogP contribution >= 0.6 is 11.6 Å². The summed E-state index contributed by atoms with van der Waals surface area (Å²) in [6.07, 6.45) is 1.59. The van der Waals surface area contributed by atoms with E-state index in [1.54, 1.807) is 14.1 Å². The summed E-state index contributed by atoms with van der Waals surface area (Å²) in [5, 5.41) is 0.0479. The molecule has 24 heavy (non-hydrogen) atoms. The molecule has 132 valence electrons. The van der Waals surface area contributed by atoms with Gasteiger partial charge in [-0.2, -0.15) is 0 Å². The molecule has 0 atom stereocenters. The number of likely N-dealkylation sites (N-methyl/N-ethyl adjacent to an activating group) is 2. The molecule has 1 aliphatic rings. The first-order valence-corrected chi connectivity index (χ1v) is 9.25. The van der Waals surface area contributed by atoms with Crippen molar-refractivity contribution in [3.05, 3.63) is 28.8 Å². The molecule has 1 saturated carbocycles. The summed E-state index contributed by atoms with van der Waals surface area (Å²) in [5.74, 6) is -0.687. The first kappa shape index (κ1) is 18.7. The standard InChI is InChI=1S/C15H20ClN3O4S/c1-18(2)14(20)9-19(3)15(21)10-4-7-12(16)13(8-10)24(22,23)17-11-5-6-11/h4,7-8,11,17H,5-6,9H2,1-3H3. The van der Waals surface area contributed by atoms with Gasteiger partial charge < -0.3 is 9.80 Å². The van der Waals surface area contributed by atoms with Crippen LogP contribution in [0.15, 0.2) is 23.1 Å². The van der Waals surface area contributed by atoms with Crippen molar-refractivity contribution >= 4 is 33.4 Å². The van der Waals surface area contributed by atoms with Gasteiger partial charge in [0.2, 0.25) is 15.9 Å². The first-order chi connectivity index (χ1) is 11.1. The van der Waals surface area contributed by atoms with Crippen molar-refractivity contribution in [2.24, 2.45) is 0 Å². The van der Waals surface area contributed by atoms with Gasteiger partial charge >= 0.3 is 0 Å². The van der Waals surface area contributed by atoms with E-state index >= 15 is 0 Å². The van der Waals surface area contributed by atoms with Gasteiger partial charge in [-0.05, 0) is 31.0 Å². The van der Waals surface area contributed by atoms with Crippen LogP contribution in [-0.2, 0) is 14.8 Å². The number of hydrogen-bond donors (Lipinski definition) is 1. The molecule has 1 aliphatic carbocycles. The molecule has 2 rings (SSSR count). The number of sulfonamides is 1. The van der Waals surface area contributed by atoms with Crippen molar-refractivity contribution in [3.63, 3.8) is 0 Å². The maximum atomic E-state index is 12.4. The zero-order valence-electron chi connectivity index (χ0n) is 13.7. The Kier molecular flexibility index (Phi) is 5.52. The largest absolute Gasteiger partial charge is 0.347 e. The van der Waals surface area contributed by atoms with Gasteiger partial charge in [0, 0.05) is 32.7 Å². The molecule has 0 bridgehead atoms. The lowest BCUT2D eigenvalue weighted by atomic mass is 10.2. The number of carbonyl (C=O) groups is 2. The fraction of sp³-hybridized carbons (Fsp3) is 0.467. The second-order valence-corrected chi connectivity index (χ2v) is 8.08. The maximum absolute atomic E-state index is 12.4. The molecule has 1 aromatic rings. The fourth-order valence-corrected chi connectivity index (χ4v) is 3.79. The number of nitrogens with zero attached hydrogens (tertiary/aromatic N) is 2. The normalized spacial score (nSPS) is 14.3. The van der Waals surface area contributed by atoms with Crippen LogP contribution in [0.3, 0.4) is 0 Å². The van der Waals surface area contributed by atoms with E-state index in [1.807, 2.05) is 0 Å². The third kappa shape index (κ3) is 4.46. The van der Waals surface area contributed by atoms with Gasteiger partial charge in [-0.3, -0.25) is 9.59 Å². The second kappa shape index (κ2) is 7.08. The Bertz CT molecular complexity index is 760. The summed E-state index contributed by atoms with van der Waals surface area (Å²) in [7, 11) is 0.896. The molecule has 1 N–H and O–H groups in total. The SMILES string of the molecule is CN(C)C(=O)CN(C)C(=O)c1ccc(Cl)c(S(=O)(=O)NC2CC2)c1. The zero-order valence-corrected chi connectivity index (χ0v) is 15.3. The lowest BCUT2D eigenvalue weighted by Gasteiger charge is -2.19. The summed E-state index contributed by atoms with van der Waals surface area (Å²) in [6.45, 7) is -0.100. The Morgan fingerprint density at radius 3 is 2.42 bits per heavy atom. The minimum Gasteiger partial charge on any atom is -0.347 e. The highest BCUT2D eigenvalue weighted by Crippen LogP contribution is 2.27. The number of hydrogen-bond acceptors (Lipinski definition) is 4. The molecule has 0 saturated heterocycles. The van der Waals surface area contributed by atoms with Crippen LogP contribution < -0.4 is 4.72 Å². The number of amides is 2. The first-order valence-electron chi connectivity index (χ1n) is 7.39. The van der Waals surface area contributed by atoms with Crippen LogP contribution in [-0.4, -0.2) is 63.8 Å². The van der Waals surface area contributed by atoms with E-state index in [9.17, 15) is 18.0 Å². The highest BCUT2D eigenvalue weighted by atomic mass is 35.5. The van der Waals surface area contributed by atoms with Crippen LogP contribution in [0.25, 0.3) is 0 Å². The van der Waals surface area contributed by atoms with E-state index in [0.29, 0.717) is 0 Å². The van der Waals surface area contributed by atoms with Gasteiger partial charge in [0.05, 0.1) is 11.6 Å². The third-order valence-electron chi connectivity index (χ3n) is 3.58. The predicted octanol–water partition coefficient (Wildman–Crippen LogP) is 0.941. The van der Waals surface area contributed by atoms with E-state index in [-0.39, 0.29) is 34.0 Å². The Hall–Kier alpha value is -1.64. The molecular weight excluding hydrogens is 354 g/mol. The molecule has 0 heterocycles. The van der Waals surface area contributed by atoms with Crippen molar-refractivity contribution in [2.45, 2.75) is 23.8 Å². The van der Waals surface area contributed by atoms with Crippen LogP contribution in [0.4, 0.5) is 0 Å². The van der Waals surface area contributed by atoms with E-state index in [0.717, 1.165) is 12.8 Å². The molecule has 0 radical (unpaired) electrons. The molecular formula is C15H20ClN3O4S. The Labute approximate surface area is 146 Å². The van der Waals surface area contributed by atoms with E-state index in [2.05, 4.69) is 4.72 Å². The minimum absolute atomic E-state index is 0.0479. The average molecular weight is 374 g/mol. The van der Waals surface area contributed by atoms with E-state index in [4.69, 9.17) is 11.6 Å². The topological polar surface area (TPSA) is 86.8 Å². The third-order valence-corrected chi connectivity index (χ3v) is 5.59. The van der Waals surface area contributed by atoms with Gasteiger partial charge in [0.1, 0.15) is 4.90 Å². The molecule has 0 aromatic heterocycles. The molecule has 7 nitrogen and oxygen atoms in total. The predicted molar refractivity (Wildman–Crippen MR) is 90.5 cm³/mol. The van der Waals surface area contributed by atoms with Crippen molar-refractivity contribution < 1.29 is 18.0 Å². The smallest absolute Gasteiger partial charge is 0.254 e. The highest BCUT2D eigenvalue weighted by Gasteiger charge is 2.30. The highest BCUT2D eigenvalue weighted by molar-refractivity contribution is 7.89. The van der Waals surface area contributed by atoms with Crippen LogP contribution in [0.2, 0.25) is 5.02 Å². The summed E-state index contributed by atoms with van der Waals surface area (Å²) in [6, 6.07) is 3.99. The lowest BCUT2D eigenvalue weighted by Crippen LogP contribution is -2.37. The quantitative estimate of drug-likeness (QED) is 0.804. The van der Waals surface area contributed by atoms with E-state index < -0.39 is 15.9 Å². The molecule has 2 amide bonds. The monoisotopic (exact) mass is 373 g/mol. The second-order valence-electron chi connectivity index (χ2n) is 5.99. The van der Waals surface area contributed by atoms with Crippen molar-refractivity contribution in [1.82, 2.24) is 14.5 Å². The van der Waals surface area contributed by atoms with Gasteiger partial charge in [0.25, 0.3) is 5.91 Å². The Morgan fingerprint density at radius 2 is 1.88 bits per heavy atom. The zero-order chi connectivity index (χ0) is 18.1. The Morgan fingerprint density at radius 1 is 1.25 bits per heavy atom. The van der Waals surface area contributed by atoms with Crippen molar-refractivity contribution in [1.29, 1.82) is 0 Å². The van der Waals surface area contributed by atoms with Crippen LogP contribution in [0.5, 0.6) is 0 Å². The summed E-state index contributed by atoms with van der Waals surface area (Å²) in [4.78, 5) is 26.6.